The van der Waals surface area contributed by atoms with Crippen molar-refractivity contribution < 1.29 is 14.3 Å². The minimum absolute atomic E-state index is 0.0474. The molecule has 0 spiro atoms. The smallest absolute Gasteiger partial charge is 0.265 e. The third-order valence-corrected chi connectivity index (χ3v) is 4.60. The summed E-state index contributed by atoms with van der Waals surface area (Å²) < 4.78 is 5.36. The predicted octanol–water partition coefficient (Wildman–Crippen LogP) is 1.48. The number of rotatable bonds is 3. The summed E-state index contributed by atoms with van der Waals surface area (Å²) >= 11 is 0. The maximum Gasteiger partial charge on any atom is 0.265 e. The molecule has 1 aromatic rings. The standard InChI is InChI=1S/C17H17N3O3/c21-16(19-18-13-8-11-4-3-5-12(11)13)9-20-14-6-1-2-7-15(14)23-10-17(20)22/h1-4,6-7,11-12H,5,8-10H2,(H,19,21)/b18-13-/t11-,12+/m1/s1. The van der Waals surface area contributed by atoms with Gasteiger partial charge >= 0.3 is 0 Å². The number of para-hydroxylation sites is 2. The van der Waals surface area contributed by atoms with E-state index >= 15 is 0 Å². The Hall–Kier alpha value is -2.63. The molecular formula is C17H17N3O3. The molecule has 1 heterocycles. The minimum Gasteiger partial charge on any atom is -0.482 e. The second-order valence-electron chi connectivity index (χ2n) is 6.01. The number of fused-ring (bicyclic) bond motifs is 2. The number of carbonyl (C=O) groups excluding carboxylic acids is 2. The van der Waals surface area contributed by atoms with Gasteiger partial charge in [-0.15, -0.1) is 0 Å². The molecule has 4 rings (SSSR count). The van der Waals surface area contributed by atoms with E-state index in [4.69, 9.17) is 4.74 Å². The fraction of sp³-hybridized carbons (Fsp3) is 0.353. The van der Waals surface area contributed by atoms with Crippen LogP contribution in [0.4, 0.5) is 5.69 Å². The first kappa shape index (κ1) is 14.0. The van der Waals surface area contributed by atoms with Gasteiger partial charge in [-0.05, 0) is 30.9 Å². The largest absolute Gasteiger partial charge is 0.482 e. The van der Waals surface area contributed by atoms with Crippen LogP contribution < -0.4 is 15.1 Å². The zero-order valence-electron chi connectivity index (χ0n) is 12.6. The van der Waals surface area contributed by atoms with E-state index < -0.39 is 0 Å². The summed E-state index contributed by atoms with van der Waals surface area (Å²) in [5.74, 6) is 1.15. The highest BCUT2D eigenvalue weighted by Gasteiger charge is 2.38. The van der Waals surface area contributed by atoms with Crippen molar-refractivity contribution in [3.8, 4) is 5.75 Å². The summed E-state index contributed by atoms with van der Waals surface area (Å²) in [5, 5.41) is 4.23. The molecule has 0 radical (unpaired) electrons. The Kier molecular flexibility index (Phi) is 3.37. The number of hydrogen-bond donors (Lipinski definition) is 1. The van der Waals surface area contributed by atoms with Gasteiger partial charge in [0.1, 0.15) is 12.3 Å². The van der Waals surface area contributed by atoms with E-state index in [9.17, 15) is 9.59 Å². The van der Waals surface area contributed by atoms with E-state index in [0.717, 1.165) is 18.6 Å². The number of nitrogens with zero attached hydrogens (tertiary/aromatic N) is 2. The van der Waals surface area contributed by atoms with Gasteiger partial charge in [0.05, 0.1) is 5.69 Å². The van der Waals surface area contributed by atoms with Crippen molar-refractivity contribution >= 4 is 23.2 Å². The summed E-state index contributed by atoms with van der Waals surface area (Å²) in [6.07, 6.45) is 6.31. The highest BCUT2D eigenvalue weighted by molar-refractivity contribution is 6.02. The lowest BCUT2D eigenvalue weighted by atomic mass is 9.74. The lowest BCUT2D eigenvalue weighted by molar-refractivity contribution is -0.125. The minimum atomic E-state index is -0.294. The Bertz CT molecular complexity index is 726. The molecule has 2 atom stereocenters. The average Bonchev–Trinajstić information content (AvgIpc) is 2.91. The zero-order valence-corrected chi connectivity index (χ0v) is 12.6. The second kappa shape index (κ2) is 5.53. The first-order chi connectivity index (χ1) is 11.2. The number of hydrazone groups is 1. The molecule has 2 amide bonds. The van der Waals surface area contributed by atoms with Crippen molar-refractivity contribution in [2.75, 3.05) is 18.1 Å². The van der Waals surface area contributed by atoms with Crippen molar-refractivity contribution in [1.82, 2.24) is 5.43 Å². The number of carbonyl (C=O) groups is 2. The molecule has 6 heteroatoms. The Labute approximate surface area is 133 Å². The van der Waals surface area contributed by atoms with Gasteiger partial charge in [0.2, 0.25) is 0 Å². The monoisotopic (exact) mass is 311 g/mol. The number of allylic oxidation sites excluding steroid dienone is 2. The normalized spacial score (nSPS) is 26.3. The van der Waals surface area contributed by atoms with Crippen LogP contribution in [0, 0.1) is 11.8 Å². The molecule has 6 nitrogen and oxygen atoms in total. The third kappa shape index (κ3) is 2.50. The van der Waals surface area contributed by atoms with Crippen molar-refractivity contribution in [3.63, 3.8) is 0 Å². The van der Waals surface area contributed by atoms with E-state index in [0.29, 0.717) is 23.3 Å². The van der Waals surface area contributed by atoms with Crippen LogP contribution >= 0.6 is 0 Å². The molecule has 1 saturated carbocycles. The van der Waals surface area contributed by atoms with Gasteiger partial charge in [0.15, 0.2) is 6.61 Å². The number of ether oxygens (including phenoxy) is 1. The fourth-order valence-electron chi connectivity index (χ4n) is 3.30. The van der Waals surface area contributed by atoms with Crippen molar-refractivity contribution in [3.05, 3.63) is 36.4 Å². The van der Waals surface area contributed by atoms with Gasteiger partial charge in [0.25, 0.3) is 11.8 Å². The molecule has 3 aliphatic rings. The molecule has 0 aromatic heterocycles. The molecule has 23 heavy (non-hydrogen) atoms. The first-order valence-electron chi connectivity index (χ1n) is 7.76. The molecule has 1 aromatic carbocycles. The molecule has 0 unspecified atom stereocenters. The summed E-state index contributed by atoms with van der Waals surface area (Å²) in [7, 11) is 0. The van der Waals surface area contributed by atoms with E-state index in [1.165, 1.54) is 4.90 Å². The van der Waals surface area contributed by atoms with Gasteiger partial charge in [-0.25, -0.2) is 5.43 Å². The predicted molar refractivity (Wildman–Crippen MR) is 85.2 cm³/mol. The molecule has 1 N–H and O–H groups in total. The maximum absolute atomic E-state index is 12.1. The molecule has 118 valence electrons. The number of amides is 2. The molecule has 0 saturated heterocycles. The van der Waals surface area contributed by atoms with Crippen LogP contribution in [0.25, 0.3) is 0 Å². The lowest BCUT2D eigenvalue weighted by Gasteiger charge is -2.32. The second-order valence-corrected chi connectivity index (χ2v) is 6.01. The highest BCUT2D eigenvalue weighted by Crippen LogP contribution is 2.40. The summed E-state index contributed by atoms with van der Waals surface area (Å²) in [6, 6.07) is 7.20. The topological polar surface area (TPSA) is 71.0 Å². The van der Waals surface area contributed by atoms with Gasteiger partial charge in [-0.2, -0.15) is 5.10 Å². The maximum atomic E-state index is 12.1. The van der Waals surface area contributed by atoms with Crippen LogP contribution in [0.1, 0.15) is 12.8 Å². The molecule has 1 aliphatic heterocycles. The van der Waals surface area contributed by atoms with Crippen LogP contribution in [0.5, 0.6) is 5.75 Å². The molecular weight excluding hydrogens is 294 g/mol. The van der Waals surface area contributed by atoms with E-state index in [1.54, 1.807) is 12.1 Å². The number of anilines is 1. The summed E-state index contributed by atoms with van der Waals surface area (Å²) in [5.41, 5.74) is 4.25. The Morgan fingerprint density at radius 1 is 1.39 bits per heavy atom. The van der Waals surface area contributed by atoms with E-state index in [-0.39, 0.29) is 25.0 Å². The lowest BCUT2D eigenvalue weighted by Crippen LogP contribution is -2.45. The summed E-state index contributed by atoms with van der Waals surface area (Å²) in [6.45, 7) is -0.101. The average molecular weight is 311 g/mol. The van der Waals surface area contributed by atoms with Gasteiger partial charge in [-0.3, -0.25) is 14.5 Å². The summed E-state index contributed by atoms with van der Waals surface area (Å²) in [4.78, 5) is 25.6. The van der Waals surface area contributed by atoms with Crippen LogP contribution in [-0.2, 0) is 9.59 Å². The van der Waals surface area contributed by atoms with Crippen LogP contribution in [0.2, 0.25) is 0 Å². The van der Waals surface area contributed by atoms with Gasteiger partial charge in [-0.1, -0.05) is 24.3 Å². The number of nitrogens with one attached hydrogen (secondary N) is 1. The van der Waals surface area contributed by atoms with Crippen LogP contribution in [0.3, 0.4) is 0 Å². The first-order valence-corrected chi connectivity index (χ1v) is 7.76. The van der Waals surface area contributed by atoms with Crippen molar-refractivity contribution in [1.29, 1.82) is 0 Å². The van der Waals surface area contributed by atoms with Gasteiger partial charge in [0, 0.05) is 11.6 Å². The van der Waals surface area contributed by atoms with Crippen molar-refractivity contribution in [2.45, 2.75) is 12.8 Å². The molecule has 0 bridgehead atoms. The number of hydrogen-bond acceptors (Lipinski definition) is 4. The fourth-order valence-corrected chi connectivity index (χ4v) is 3.30. The highest BCUT2D eigenvalue weighted by atomic mass is 16.5. The Morgan fingerprint density at radius 2 is 2.26 bits per heavy atom. The van der Waals surface area contributed by atoms with Crippen LogP contribution in [-0.4, -0.2) is 30.7 Å². The van der Waals surface area contributed by atoms with Crippen LogP contribution in [0.15, 0.2) is 41.5 Å². The quantitative estimate of drug-likeness (QED) is 0.679. The Morgan fingerprint density at radius 3 is 3.13 bits per heavy atom. The van der Waals surface area contributed by atoms with Gasteiger partial charge < -0.3 is 4.74 Å². The van der Waals surface area contributed by atoms with E-state index in [2.05, 4.69) is 22.7 Å². The number of benzene rings is 1. The SMILES string of the molecule is O=C(CN1C(=O)COc2ccccc21)N/N=C1/C[C@H]2C=CC[C@H]12. The van der Waals surface area contributed by atoms with E-state index in [1.807, 2.05) is 12.1 Å². The third-order valence-electron chi connectivity index (χ3n) is 4.60. The zero-order chi connectivity index (χ0) is 15.8. The Balaban J connectivity index is 1.41. The molecule has 1 fully saturated rings. The van der Waals surface area contributed by atoms with Crippen molar-refractivity contribution in [2.24, 2.45) is 16.9 Å². The molecule has 2 aliphatic carbocycles.